The first kappa shape index (κ1) is 8.38. The third kappa shape index (κ3) is 1.65. The number of aromatic nitrogens is 1. The zero-order chi connectivity index (χ0) is 8.43. The van der Waals surface area contributed by atoms with E-state index in [0.29, 0.717) is 0 Å². The van der Waals surface area contributed by atoms with Crippen LogP contribution in [0.4, 0.5) is 4.39 Å². The fraction of sp³-hybridized carbons (Fsp3) is 0. The minimum Gasteiger partial charge on any atom is -0.366 e. The molecule has 0 fully saturated rings. The van der Waals surface area contributed by atoms with E-state index in [4.69, 9.17) is 5.73 Å². The molecule has 0 aliphatic carbocycles. The van der Waals surface area contributed by atoms with Gasteiger partial charge in [0.05, 0.1) is 15.3 Å². The van der Waals surface area contributed by atoms with Crippen LogP contribution in [0.25, 0.3) is 0 Å². The van der Waals surface area contributed by atoms with Crippen LogP contribution in [-0.4, -0.2) is 10.9 Å². The maximum Gasteiger partial charge on any atom is 0.251 e. The second-order valence-electron chi connectivity index (χ2n) is 1.85. The van der Waals surface area contributed by atoms with Gasteiger partial charge in [0.25, 0.3) is 5.91 Å². The van der Waals surface area contributed by atoms with Gasteiger partial charge < -0.3 is 5.73 Å². The van der Waals surface area contributed by atoms with Gasteiger partial charge in [-0.3, -0.25) is 9.78 Å². The number of primary amides is 1. The van der Waals surface area contributed by atoms with Gasteiger partial charge >= 0.3 is 0 Å². The third-order valence-corrected chi connectivity index (χ3v) is 2.20. The Hall–Kier alpha value is -0.720. The summed E-state index contributed by atoms with van der Waals surface area (Å²) in [5.41, 5.74) is 5.05. The van der Waals surface area contributed by atoms with E-state index < -0.39 is 11.7 Å². The molecule has 1 aromatic heterocycles. The van der Waals surface area contributed by atoms with Crippen molar-refractivity contribution in [3.8, 4) is 0 Å². The molecule has 5 heteroatoms. The summed E-state index contributed by atoms with van der Waals surface area (Å²) >= 11 is 1.70. The molecule has 0 radical (unpaired) electrons. The maximum absolute atomic E-state index is 12.7. The van der Waals surface area contributed by atoms with Crippen LogP contribution in [0.5, 0.6) is 0 Å². The molecule has 0 atom stereocenters. The summed E-state index contributed by atoms with van der Waals surface area (Å²) in [7, 11) is 0. The van der Waals surface area contributed by atoms with Gasteiger partial charge in [-0.2, -0.15) is 0 Å². The Labute approximate surface area is 75.9 Å². The van der Waals surface area contributed by atoms with E-state index in [0.717, 1.165) is 6.20 Å². The molecule has 0 bridgehead atoms. The van der Waals surface area contributed by atoms with E-state index in [1.807, 2.05) is 0 Å². The molecule has 2 N–H and O–H groups in total. The van der Waals surface area contributed by atoms with Crippen molar-refractivity contribution in [3.05, 3.63) is 27.3 Å². The van der Waals surface area contributed by atoms with Gasteiger partial charge in [-0.05, 0) is 22.6 Å². The number of amides is 1. The summed E-state index contributed by atoms with van der Waals surface area (Å²) in [5, 5.41) is 0. The van der Waals surface area contributed by atoms with Crippen molar-refractivity contribution >= 4 is 28.5 Å². The lowest BCUT2D eigenvalue weighted by Gasteiger charge is -1.97. The monoisotopic (exact) mass is 266 g/mol. The second-order valence-corrected chi connectivity index (χ2v) is 2.93. The molecule has 0 aliphatic heterocycles. The van der Waals surface area contributed by atoms with E-state index >= 15 is 0 Å². The first-order valence-electron chi connectivity index (χ1n) is 2.71. The van der Waals surface area contributed by atoms with Crippen molar-refractivity contribution in [3.63, 3.8) is 0 Å². The number of hydrogen-bond acceptors (Lipinski definition) is 2. The molecular formula is C6H4FIN2O. The summed E-state index contributed by atoms with van der Waals surface area (Å²) in [6, 6.07) is 0. The second kappa shape index (κ2) is 3.12. The highest BCUT2D eigenvalue weighted by molar-refractivity contribution is 14.1. The lowest BCUT2D eigenvalue weighted by molar-refractivity contribution is 0.0998. The predicted octanol–water partition coefficient (Wildman–Crippen LogP) is 0.924. The Morgan fingerprint density at radius 3 is 2.73 bits per heavy atom. The molecule has 0 unspecified atom stereocenters. The lowest BCUT2D eigenvalue weighted by Crippen LogP contribution is -2.13. The molecular weight excluding hydrogens is 262 g/mol. The standard InChI is InChI=1S/C6H4FIN2O/c7-4-2-10-1-3(5(4)8)6(9)11/h1-2H,(H2,9,11). The Morgan fingerprint density at radius 1 is 1.64 bits per heavy atom. The predicted molar refractivity (Wildman–Crippen MR) is 45.4 cm³/mol. The molecule has 1 amide bonds. The summed E-state index contributed by atoms with van der Waals surface area (Å²) in [5.74, 6) is -1.19. The molecule has 0 saturated carbocycles. The van der Waals surface area contributed by atoms with E-state index in [9.17, 15) is 9.18 Å². The fourth-order valence-electron chi connectivity index (χ4n) is 0.591. The smallest absolute Gasteiger partial charge is 0.251 e. The largest absolute Gasteiger partial charge is 0.366 e. The fourth-order valence-corrected chi connectivity index (χ4v) is 1.14. The SMILES string of the molecule is NC(=O)c1cncc(F)c1I. The van der Waals surface area contributed by atoms with Crippen LogP contribution in [0.3, 0.4) is 0 Å². The van der Waals surface area contributed by atoms with E-state index in [2.05, 4.69) is 4.98 Å². The average Bonchev–Trinajstić information content (AvgIpc) is 1.94. The highest BCUT2D eigenvalue weighted by Gasteiger charge is 2.09. The maximum atomic E-state index is 12.7. The summed E-state index contributed by atoms with van der Waals surface area (Å²) in [6.07, 6.45) is 2.28. The summed E-state index contributed by atoms with van der Waals surface area (Å²) < 4.78 is 12.9. The topological polar surface area (TPSA) is 56.0 Å². The molecule has 1 heterocycles. The van der Waals surface area contributed by atoms with E-state index in [1.54, 1.807) is 22.6 Å². The van der Waals surface area contributed by atoms with Crippen LogP contribution in [0, 0.1) is 9.39 Å². The Bertz CT molecular complexity index is 303. The first-order valence-corrected chi connectivity index (χ1v) is 3.79. The molecule has 3 nitrogen and oxygen atoms in total. The van der Waals surface area contributed by atoms with Crippen molar-refractivity contribution < 1.29 is 9.18 Å². The molecule has 0 aromatic carbocycles. The van der Waals surface area contributed by atoms with Crippen LogP contribution in [0.15, 0.2) is 12.4 Å². The summed E-state index contributed by atoms with van der Waals surface area (Å²) in [4.78, 5) is 14.1. The number of carbonyl (C=O) groups is 1. The highest BCUT2D eigenvalue weighted by atomic mass is 127. The van der Waals surface area contributed by atoms with Crippen molar-refractivity contribution in [2.45, 2.75) is 0 Å². The molecule has 1 rings (SSSR count). The van der Waals surface area contributed by atoms with Crippen LogP contribution in [0.2, 0.25) is 0 Å². The van der Waals surface area contributed by atoms with Gasteiger partial charge in [0.1, 0.15) is 0 Å². The van der Waals surface area contributed by atoms with Gasteiger partial charge in [-0.25, -0.2) is 4.39 Å². The first-order chi connectivity index (χ1) is 5.13. The van der Waals surface area contributed by atoms with Crippen molar-refractivity contribution in [1.82, 2.24) is 4.98 Å². The van der Waals surface area contributed by atoms with Gasteiger partial charge in [0, 0.05) is 6.20 Å². The van der Waals surface area contributed by atoms with Gasteiger partial charge in [0.2, 0.25) is 0 Å². The Morgan fingerprint density at radius 2 is 2.27 bits per heavy atom. The number of nitrogens with two attached hydrogens (primary N) is 1. The molecule has 0 aliphatic rings. The van der Waals surface area contributed by atoms with Crippen molar-refractivity contribution in [1.29, 1.82) is 0 Å². The zero-order valence-corrected chi connectivity index (χ0v) is 7.50. The number of rotatable bonds is 1. The number of carbonyl (C=O) groups excluding carboxylic acids is 1. The highest BCUT2D eigenvalue weighted by Crippen LogP contribution is 2.13. The lowest BCUT2D eigenvalue weighted by atomic mass is 10.3. The van der Waals surface area contributed by atoms with Gasteiger partial charge in [-0.15, -0.1) is 0 Å². The van der Waals surface area contributed by atoms with E-state index in [1.165, 1.54) is 6.20 Å². The summed E-state index contributed by atoms with van der Waals surface area (Å²) in [6.45, 7) is 0. The van der Waals surface area contributed by atoms with E-state index in [-0.39, 0.29) is 9.13 Å². The average molecular weight is 266 g/mol. The van der Waals surface area contributed by atoms with Crippen molar-refractivity contribution in [2.75, 3.05) is 0 Å². The third-order valence-electron chi connectivity index (χ3n) is 1.10. The molecule has 0 saturated heterocycles. The molecule has 11 heavy (non-hydrogen) atoms. The Balaban J connectivity index is 3.27. The van der Waals surface area contributed by atoms with Gasteiger partial charge in [0.15, 0.2) is 5.82 Å². The number of nitrogens with zero attached hydrogens (tertiary/aromatic N) is 1. The normalized spacial score (nSPS) is 9.64. The number of halogens is 2. The quantitative estimate of drug-likeness (QED) is 0.768. The molecule has 0 spiro atoms. The van der Waals surface area contributed by atoms with Crippen LogP contribution >= 0.6 is 22.6 Å². The molecule has 1 aromatic rings. The van der Waals surface area contributed by atoms with Crippen LogP contribution < -0.4 is 5.73 Å². The number of pyridine rings is 1. The van der Waals surface area contributed by atoms with Crippen LogP contribution in [-0.2, 0) is 0 Å². The van der Waals surface area contributed by atoms with Crippen molar-refractivity contribution in [2.24, 2.45) is 5.73 Å². The minimum absolute atomic E-state index is 0.116. The number of hydrogen-bond donors (Lipinski definition) is 1. The van der Waals surface area contributed by atoms with Crippen LogP contribution in [0.1, 0.15) is 10.4 Å². The molecule has 58 valence electrons. The Kier molecular flexibility index (Phi) is 2.38. The zero-order valence-electron chi connectivity index (χ0n) is 5.34. The van der Waals surface area contributed by atoms with Gasteiger partial charge in [-0.1, -0.05) is 0 Å². The minimum atomic E-state index is -0.665.